The molecule has 0 unspecified atom stereocenters. The third-order valence-corrected chi connectivity index (χ3v) is 7.29. The maximum Gasteiger partial charge on any atom is 0.261 e. The molecular weight excluding hydrogens is 410 g/mol. The third-order valence-electron chi connectivity index (χ3n) is 7.29. The Balaban J connectivity index is 1.16. The number of carbonyl (C=O) groups excluding carboxylic acids is 2. The van der Waals surface area contributed by atoms with Gasteiger partial charge in [0.15, 0.2) is 0 Å². The van der Waals surface area contributed by atoms with Crippen molar-refractivity contribution in [2.75, 3.05) is 37.6 Å². The van der Waals surface area contributed by atoms with Crippen molar-refractivity contribution in [1.82, 2.24) is 9.80 Å². The van der Waals surface area contributed by atoms with E-state index in [9.17, 15) is 9.59 Å². The number of nitrogens with zero attached hydrogens (tertiary/aromatic N) is 3. The van der Waals surface area contributed by atoms with Crippen molar-refractivity contribution < 1.29 is 9.59 Å². The molecule has 1 saturated heterocycles. The van der Waals surface area contributed by atoms with E-state index in [4.69, 9.17) is 0 Å². The lowest BCUT2D eigenvalue weighted by Crippen LogP contribution is -2.49. The highest BCUT2D eigenvalue weighted by atomic mass is 16.2. The molecule has 2 amide bonds. The minimum atomic E-state index is -0.158. The van der Waals surface area contributed by atoms with Crippen LogP contribution in [0.15, 0.2) is 72.8 Å². The highest BCUT2D eigenvalue weighted by molar-refractivity contribution is 6.21. The molecule has 3 aromatic rings. The van der Waals surface area contributed by atoms with Crippen LogP contribution in [0.4, 0.5) is 5.69 Å². The molecule has 33 heavy (non-hydrogen) atoms. The number of benzene rings is 3. The lowest BCUT2D eigenvalue weighted by atomic mass is 9.96. The van der Waals surface area contributed by atoms with Crippen LogP contribution in [0.1, 0.15) is 49.9 Å². The summed E-state index contributed by atoms with van der Waals surface area (Å²) in [5, 5.41) is 0. The summed E-state index contributed by atoms with van der Waals surface area (Å²) < 4.78 is 0. The Kier molecular flexibility index (Phi) is 4.99. The van der Waals surface area contributed by atoms with E-state index < -0.39 is 0 Å². The summed E-state index contributed by atoms with van der Waals surface area (Å²) >= 11 is 0. The maximum atomic E-state index is 12.7. The van der Waals surface area contributed by atoms with E-state index in [1.54, 1.807) is 12.1 Å². The number of amides is 2. The third kappa shape index (κ3) is 3.44. The van der Waals surface area contributed by atoms with E-state index in [0.29, 0.717) is 23.7 Å². The van der Waals surface area contributed by atoms with Gasteiger partial charge >= 0.3 is 0 Å². The molecule has 0 N–H and O–H groups in total. The van der Waals surface area contributed by atoms with Crippen molar-refractivity contribution in [2.45, 2.75) is 18.9 Å². The smallest absolute Gasteiger partial charge is 0.261 e. The van der Waals surface area contributed by atoms with E-state index in [0.717, 1.165) is 39.0 Å². The first-order valence-corrected chi connectivity index (χ1v) is 11.8. The first kappa shape index (κ1) is 20.2. The molecule has 3 aliphatic rings. The second-order valence-corrected chi connectivity index (χ2v) is 9.18. The molecule has 5 heteroatoms. The quantitative estimate of drug-likeness (QED) is 0.576. The Morgan fingerprint density at radius 2 is 1.39 bits per heavy atom. The second kappa shape index (κ2) is 8.16. The summed E-state index contributed by atoms with van der Waals surface area (Å²) in [4.78, 5) is 31.8. The van der Waals surface area contributed by atoms with Crippen LogP contribution in [0.5, 0.6) is 0 Å². The van der Waals surface area contributed by atoms with E-state index in [-0.39, 0.29) is 11.8 Å². The second-order valence-electron chi connectivity index (χ2n) is 9.18. The van der Waals surface area contributed by atoms with Gasteiger partial charge in [0, 0.05) is 38.4 Å². The molecule has 1 fully saturated rings. The number of rotatable bonds is 4. The van der Waals surface area contributed by atoms with Crippen LogP contribution in [0.2, 0.25) is 0 Å². The van der Waals surface area contributed by atoms with Crippen molar-refractivity contribution in [2.24, 2.45) is 0 Å². The molecule has 3 aliphatic heterocycles. The van der Waals surface area contributed by atoms with Crippen molar-refractivity contribution in [3.63, 3.8) is 0 Å². The molecule has 0 saturated carbocycles. The Hall–Kier alpha value is -3.44. The molecule has 3 heterocycles. The number of hydrogen-bond acceptors (Lipinski definition) is 4. The fourth-order valence-corrected chi connectivity index (χ4v) is 5.66. The summed E-state index contributed by atoms with van der Waals surface area (Å²) in [6, 6.07) is 25.1. The van der Waals surface area contributed by atoms with Crippen molar-refractivity contribution in [1.29, 1.82) is 0 Å². The molecule has 166 valence electrons. The zero-order valence-corrected chi connectivity index (χ0v) is 18.6. The van der Waals surface area contributed by atoms with Crippen LogP contribution < -0.4 is 4.90 Å². The van der Waals surface area contributed by atoms with E-state index in [2.05, 4.69) is 58.3 Å². The van der Waals surface area contributed by atoms with Gasteiger partial charge < -0.3 is 4.90 Å². The van der Waals surface area contributed by atoms with Crippen LogP contribution in [-0.2, 0) is 6.42 Å². The maximum absolute atomic E-state index is 12.7. The lowest BCUT2D eigenvalue weighted by Gasteiger charge is -2.43. The average molecular weight is 438 g/mol. The minimum Gasteiger partial charge on any atom is -0.362 e. The van der Waals surface area contributed by atoms with E-state index in [1.807, 2.05) is 12.1 Å². The van der Waals surface area contributed by atoms with Gasteiger partial charge in [-0.05, 0) is 47.7 Å². The fraction of sp³-hybridized carbons (Fsp3) is 0.286. The number of para-hydroxylation sites is 1. The van der Waals surface area contributed by atoms with Crippen LogP contribution in [0.3, 0.4) is 0 Å². The number of hydrogen-bond donors (Lipinski definition) is 0. The minimum absolute atomic E-state index is 0.158. The van der Waals surface area contributed by atoms with Gasteiger partial charge in [0.2, 0.25) is 0 Å². The zero-order chi connectivity index (χ0) is 22.4. The number of fused-ring (bicyclic) bond motifs is 6. The first-order valence-electron chi connectivity index (χ1n) is 11.8. The molecule has 1 atom stereocenters. The van der Waals surface area contributed by atoms with E-state index >= 15 is 0 Å². The van der Waals surface area contributed by atoms with Gasteiger partial charge in [-0.3, -0.25) is 19.4 Å². The molecular formula is C28H27N3O2. The molecule has 0 aliphatic carbocycles. The van der Waals surface area contributed by atoms with Gasteiger partial charge in [0.05, 0.1) is 17.2 Å². The van der Waals surface area contributed by atoms with Crippen LogP contribution >= 0.6 is 0 Å². The number of imide groups is 1. The van der Waals surface area contributed by atoms with Gasteiger partial charge in [0.1, 0.15) is 0 Å². The molecule has 5 nitrogen and oxygen atoms in total. The Labute approximate surface area is 194 Å². The first-order chi connectivity index (χ1) is 16.2. The summed E-state index contributed by atoms with van der Waals surface area (Å²) in [6.45, 7) is 4.25. The molecule has 0 radical (unpaired) electrons. The molecule has 6 rings (SSSR count). The molecule has 0 aromatic heterocycles. The normalized spacial score (nSPS) is 19.6. The lowest BCUT2D eigenvalue weighted by molar-refractivity contribution is 0.0646. The summed E-state index contributed by atoms with van der Waals surface area (Å²) in [6.07, 6.45) is 1.76. The highest BCUT2D eigenvalue weighted by Crippen LogP contribution is 2.39. The van der Waals surface area contributed by atoms with Crippen molar-refractivity contribution in [3.8, 4) is 0 Å². The van der Waals surface area contributed by atoms with Gasteiger partial charge in [-0.15, -0.1) is 0 Å². The highest BCUT2D eigenvalue weighted by Gasteiger charge is 2.36. The predicted octanol–water partition coefficient (Wildman–Crippen LogP) is 4.14. The van der Waals surface area contributed by atoms with E-state index in [1.165, 1.54) is 27.3 Å². The average Bonchev–Trinajstić information content (AvgIpc) is 3.01. The Bertz CT molecular complexity index is 1200. The van der Waals surface area contributed by atoms with Gasteiger partial charge in [-0.1, -0.05) is 54.6 Å². The van der Waals surface area contributed by atoms with Crippen LogP contribution in [-0.4, -0.2) is 54.3 Å². The molecule has 0 bridgehead atoms. The monoisotopic (exact) mass is 437 g/mol. The largest absolute Gasteiger partial charge is 0.362 e. The van der Waals surface area contributed by atoms with Gasteiger partial charge in [-0.2, -0.15) is 0 Å². The number of anilines is 1. The van der Waals surface area contributed by atoms with Crippen LogP contribution in [0.25, 0.3) is 0 Å². The summed E-state index contributed by atoms with van der Waals surface area (Å²) in [5.41, 5.74) is 6.63. The van der Waals surface area contributed by atoms with Gasteiger partial charge in [0.25, 0.3) is 11.8 Å². The topological polar surface area (TPSA) is 43.9 Å². The Morgan fingerprint density at radius 3 is 2.18 bits per heavy atom. The Morgan fingerprint density at radius 1 is 0.727 bits per heavy atom. The zero-order valence-electron chi connectivity index (χ0n) is 18.6. The van der Waals surface area contributed by atoms with Crippen molar-refractivity contribution >= 4 is 17.5 Å². The molecule has 0 spiro atoms. The van der Waals surface area contributed by atoms with Crippen LogP contribution in [0, 0.1) is 0 Å². The number of piperazine rings is 1. The SMILES string of the molecule is O=C1c2ccccc2C(=O)N1CCCN1CCN2c3ccccc3Cc3ccccc3[C@@H]2C1. The molecule has 3 aromatic carbocycles. The number of carbonyl (C=O) groups is 2. The summed E-state index contributed by atoms with van der Waals surface area (Å²) in [5.74, 6) is -0.315. The summed E-state index contributed by atoms with van der Waals surface area (Å²) in [7, 11) is 0. The van der Waals surface area contributed by atoms with Gasteiger partial charge in [-0.25, -0.2) is 0 Å². The van der Waals surface area contributed by atoms with Crippen molar-refractivity contribution in [3.05, 3.63) is 101 Å². The standard InChI is InChI=1S/C28H27N3O2/c32-27-23-11-4-5-12-24(23)28(33)31(27)15-7-14-29-16-17-30-25-13-6-2-9-21(25)18-20-8-1-3-10-22(20)26(30)19-29/h1-6,8-13,26H,7,14-19H2/t26-/m0/s1. The fourth-order valence-electron chi connectivity index (χ4n) is 5.66. The predicted molar refractivity (Wildman–Crippen MR) is 129 cm³/mol.